The molecule has 1 heteroatoms. The Morgan fingerprint density at radius 1 is 1.40 bits per heavy atom. The van der Waals surface area contributed by atoms with E-state index in [4.69, 9.17) is 0 Å². The summed E-state index contributed by atoms with van der Waals surface area (Å²) in [4.78, 5) is 0. The summed E-state index contributed by atoms with van der Waals surface area (Å²) in [6, 6.07) is 0. The third-order valence-corrected chi connectivity index (χ3v) is 2.43. The lowest BCUT2D eigenvalue weighted by atomic mass is 9.82. The molecular formula is C14H24O. The highest BCUT2D eigenvalue weighted by molar-refractivity contribution is 5.03. The van der Waals surface area contributed by atoms with Gasteiger partial charge in [-0.25, -0.2) is 0 Å². The van der Waals surface area contributed by atoms with E-state index in [0.717, 1.165) is 19.3 Å². The summed E-state index contributed by atoms with van der Waals surface area (Å²) in [5.74, 6) is 5.54. The van der Waals surface area contributed by atoms with Gasteiger partial charge in [0.25, 0.3) is 0 Å². The molecule has 15 heavy (non-hydrogen) atoms. The van der Waals surface area contributed by atoms with Crippen molar-refractivity contribution in [1.29, 1.82) is 0 Å². The van der Waals surface area contributed by atoms with Gasteiger partial charge in [-0.05, 0) is 45.4 Å². The molecule has 1 unspecified atom stereocenters. The Kier molecular flexibility index (Phi) is 6.36. The van der Waals surface area contributed by atoms with E-state index in [-0.39, 0.29) is 5.41 Å². The molecule has 0 amide bonds. The molecule has 86 valence electrons. The van der Waals surface area contributed by atoms with Crippen LogP contribution in [0.15, 0.2) is 11.6 Å². The van der Waals surface area contributed by atoms with Crippen LogP contribution in [0.5, 0.6) is 0 Å². The van der Waals surface area contributed by atoms with Crippen molar-refractivity contribution in [2.24, 2.45) is 5.41 Å². The quantitative estimate of drug-likeness (QED) is 0.541. The van der Waals surface area contributed by atoms with Crippen LogP contribution in [0.1, 0.15) is 53.9 Å². The highest BCUT2D eigenvalue weighted by Crippen LogP contribution is 2.28. The van der Waals surface area contributed by atoms with Gasteiger partial charge in [0.2, 0.25) is 0 Å². The van der Waals surface area contributed by atoms with E-state index in [1.54, 1.807) is 6.92 Å². The topological polar surface area (TPSA) is 20.2 Å². The zero-order valence-electron chi connectivity index (χ0n) is 10.7. The molecule has 0 bridgehead atoms. The summed E-state index contributed by atoms with van der Waals surface area (Å²) in [6.45, 7) is 10.4. The van der Waals surface area contributed by atoms with E-state index < -0.39 is 6.10 Å². The Balaban J connectivity index is 4.05. The van der Waals surface area contributed by atoms with Crippen LogP contribution in [0.4, 0.5) is 0 Å². The molecule has 0 radical (unpaired) electrons. The maximum absolute atomic E-state index is 9.60. The van der Waals surface area contributed by atoms with Crippen molar-refractivity contribution in [3.63, 3.8) is 0 Å². The third-order valence-electron chi connectivity index (χ3n) is 2.43. The Hall–Kier alpha value is -0.740. The fraction of sp³-hybridized carbons (Fsp3) is 0.714. The maximum atomic E-state index is 9.60. The van der Waals surface area contributed by atoms with Crippen molar-refractivity contribution in [2.45, 2.75) is 60.0 Å². The van der Waals surface area contributed by atoms with Gasteiger partial charge in [0.05, 0.1) is 0 Å². The molecule has 0 aliphatic rings. The molecule has 0 saturated heterocycles. The average molecular weight is 208 g/mol. The van der Waals surface area contributed by atoms with Crippen molar-refractivity contribution in [3.05, 3.63) is 11.6 Å². The van der Waals surface area contributed by atoms with E-state index in [1.807, 2.05) is 0 Å². The van der Waals surface area contributed by atoms with Crippen LogP contribution in [0.3, 0.4) is 0 Å². The first-order valence-corrected chi connectivity index (χ1v) is 5.61. The van der Waals surface area contributed by atoms with E-state index >= 15 is 0 Å². The van der Waals surface area contributed by atoms with Gasteiger partial charge in [0, 0.05) is 0 Å². The number of allylic oxidation sites excluding steroid dienone is 2. The first-order chi connectivity index (χ1) is 6.87. The van der Waals surface area contributed by atoms with Crippen molar-refractivity contribution in [3.8, 4) is 11.8 Å². The van der Waals surface area contributed by atoms with Gasteiger partial charge < -0.3 is 5.11 Å². The average Bonchev–Trinajstić information content (AvgIpc) is 2.01. The third kappa shape index (κ3) is 8.27. The number of rotatable bonds is 5. The van der Waals surface area contributed by atoms with Crippen molar-refractivity contribution in [2.75, 3.05) is 0 Å². The molecule has 0 aromatic rings. The largest absolute Gasteiger partial charge is 0.380 e. The predicted molar refractivity (Wildman–Crippen MR) is 66.5 cm³/mol. The van der Waals surface area contributed by atoms with Gasteiger partial charge in [-0.15, -0.1) is 5.92 Å². The lowest BCUT2D eigenvalue weighted by molar-refractivity contribution is 0.154. The van der Waals surface area contributed by atoms with E-state index in [2.05, 4.69) is 45.6 Å². The van der Waals surface area contributed by atoms with Gasteiger partial charge in [0.15, 0.2) is 0 Å². The van der Waals surface area contributed by atoms with Gasteiger partial charge in [-0.2, -0.15) is 0 Å². The lowest BCUT2D eigenvalue weighted by Gasteiger charge is -2.25. The Labute approximate surface area is 94.6 Å². The number of hydrogen-bond donors (Lipinski definition) is 1. The molecule has 0 aromatic carbocycles. The standard InChI is InChI=1S/C14H24O/c1-6-8-13(15)11-14(4,5)10-7-9-12(2)3/h9,13,15H,7,10-11H2,1-5H3. The van der Waals surface area contributed by atoms with Crippen LogP contribution in [0, 0.1) is 17.3 Å². The minimum absolute atomic E-state index is 0.162. The zero-order chi connectivity index (χ0) is 11.9. The van der Waals surface area contributed by atoms with Crippen molar-refractivity contribution >= 4 is 0 Å². The second-order valence-corrected chi connectivity index (χ2v) is 5.10. The van der Waals surface area contributed by atoms with Gasteiger partial charge in [0.1, 0.15) is 6.10 Å². The SMILES string of the molecule is CC#CC(O)CC(C)(C)CCC=C(C)C. The van der Waals surface area contributed by atoms with Crippen LogP contribution in [0.25, 0.3) is 0 Å². The summed E-state index contributed by atoms with van der Waals surface area (Å²) in [5, 5.41) is 9.60. The van der Waals surface area contributed by atoms with Gasteiger partial charge in [-0.3, -0.25) is 0 Å². The Morgan fingerprint density at radius 3 is 2.47 bits per heavy atom. The first kappa shape index (κ1) is 14.3. The monoisotopic (exact) mass is 208 g/mol. The molecule has 0 aromatic heterocycles. The fourth-order valence-electron chi connectivity index (χ4n) is 1.59. The molecule has 0 heterocycles. The van der Waals surface area contributed by atoms with Crippen LogP contribution in [-0.4, -0.2) is 11.2 Å². The van der Waals surface area contributed by atoms with Crippen LogP contribution >= 0.6 is 0 Å². The number of hydrogen-bond acceptors (Lipinski definition) is 1. The molecule has 1 atom stereocenters. The van der Waals surface area contributed by atoms with E-state index in [0.29, 0.717) is 0 Å². The lowest BCUT2D eigenvalue weighted by Crippen LogP contribution is -2.19. The summed E-state index contributed by atoms with van der Waals surface area (Å²) in [5.41, 5.74) is 1.52. The fourth-order valence-corrected chi connectivity index (χ4v) is 1.59. The van der Waals surface area contributed by atoms with Crippen molar-refractivity contribution < 1.29 is 5.11 Å². The van der Waals surface area contributed by atoms with Crippen LogP contribution < -0.4 is 0 Å². The minimum atomic E-state index is -0.475. The smallest absolute Gasteiger partial charge is 0.115 e. The molecule has 0 spiro atoms. The zero-order valence-corrected chi connectivity index (χ0v) is 10.7. The molecule has 0 aliphatic heterocycles. The predicted octanol–water partition coefficient (Wildman–Crippen LogP) is 3.53. The van der Waals surface area contributed by atoms with E-state index in [9.17, 15) is 5.11 Å². The summed E-state index contributed by atoms with van der Waals surface area (Å²) in [6.07, 6.45) is 4.71. The highest BCUT2D eigenvalue weighted by atomic mass is 16.3. The molecule has 0 rings (SSSR count). The number of aliphatic hydroxyl groups excluding tert-OH is 1. The molecule has 0 saturated carbocycles. The second-order valence-electron chi connectivity index (χ2n) is 5.10. The van der Waals surface area contributed by atoms with Crippen LogP contribution in [0.2, 0.25) is 0 Å². The first-order valence-electron chi connectivity index (χ1n) is 5.61. The number of aliphatic hydroxyl groups is 1. The summed E-state index contributed by atoms with van der Waals surface area (Å²) < 4.78 is 0. The second kappa shape index (κ2) is 6.69. The molecule has 0 aliphatic carbocycles. The highest BCUT2D eigenvalue weighted by Gasteiger charge is 2.20. The molecule has 1 N–H and O–H groups in total. The minimum Gasteiger partial charge on any atom is -0.380 e. The van der Waals surface area contributed by atoms with Crippen LogP contribution in [-0.2, 0) is 0 Å². The van der Waals surface area contributed by atoms with Gasteiger partial charge >= 0.3 is 0 Å². The molecule has 1 nitrogen and oxygen atoms in total. The Morgan fingerprint density at radius 2 is 2.00 bits per heavy atom. The van der Waals surface area contributed by atoms with Crippen molar-refractivity contribution in [1.82, 2.24) is 0 Å². The summed E-state index contributed by atoms with van der Waals surface area (Å²) in [7, 11) is 0. The Bertz CT molecular complexity index is 259. The molecular weight excluding hydrogens is 184 g/mol. The maximum Gasteiger partial charge on any atom is 0.115 e. The summed E-state index contributed by atoms with van der Waals surface area (Å²) >= 11 is 0. The molecule has 0 fully saturated rings. The normalized spacial score (nSPS) is 12.7. The van der Waals surface area contributed by atoms with Gasteiger partial charge in [-0.1, -0.05) is 31.4 Å². The van der Waals surface area contributed by atoms with E-state index in [1.165, 1.54) is 5.57 Å².